The van der Waals surface area contributed by atoms with Gasteiger partial charge in [-0.3, -0.25) is 24.6 Å². The lowest BCUT2D eigenvalue weighted by atomic mass is 9.48. The van der Waals surface area contributed by atoms with Crippen LogP contribution in [0.15, 0.2) is 78.2 Å². The van der Waals surface area contributed by atoms with Crippen LogP contribution in [0.3, 0.4) is 0 Å². The van der Waals surface area contributed by atoms with Gasteiger partial charge in [0.25, 0.3) is 11.8 Å². The smallest absolute Gasteiger partial charge is 0.423 e. The number of nitrogens with one attached hydrogen (secondary N) is 1. The van der Waals surface area contributed by atoms with Crippen molar-refractivity contribution in [1.82, 2.24) is 14.9 Å². The van der Waals surface area contributed by atoms with E-state index in [4.69, 9.17) is 32.7 Å². The summed E-state index contributed by atoms with van der Waals surface area (Å²) < 4.78 is 51.2. The Balaban J connectivity index is 1.32. The lowest BCUT2D eigenvalue weighted by molar-refractivity contribution is -0.140. The van der Waals surface area contributed by atoms with Gasteiger partial charge in [0.15, 0.2) is 5.82 Å². The molecule has 2 saturated heterocycles. The predicted octanol–water partition coefficient (Wildman–Crippen LogP) is 6.22. The topological polar surface area (TPSA) is 155 Å². The first-order valence-electron chi connectivity index (χ1n) is 16.6. The molecule has 0 radical (unpaired) electrons. The Kier molecular flexibility index (Phi) is 8.30. The molecule has 8 rings (SSSR count). The third-order valence-corrected chi connectivity index (χ3v) is 11.6. The SMILES string of the molecule is COC(=O)N1C(=O)C2CC=C3C(CC4C(=O)N(Nc5ncc(C(F)(F)F)cc5Cl)C(=O)C4(c4ccc(Cl)cc4)C3C3=COc4ccc(O)cc4C3)C2C1=O. The van der Waals surface area contributed by atoms with Gasteiger partial charge in [-0.15, -0.1) is 0 Å². The van der Waals surface area contributed by atoms with Crippen LogP contribution in [-0.4, -0.2) is 56.8 Å². The van der Waals surface area contributed by atoms with E-state index in [1.54, 1.807) is 36.4 Å². The summed E-state index contributed by atoms with van der Waals surface area (Å²) >= 11 is 12.5. The molecule has 5 amide bonds. The van der Waals surface area contributed by atoms with Gasteiger partial charge in [-0.05, 0) is 66.3 Å². The predicted molar refractivity (Wildman–Crippen MR) is 182 cm³/mol. The molecule has 17 heteroatoms. The van der Waals surface area contributed by atoms with E-state index in [1.165, 1.54) is 18.4 Å². The summed E-state index contributed by atoms with van der Waals surface area (Å²) in [5.41, 5.74) is 1.57. The van der Waals surface area contributed by atoms with Crippen LogP contribution in [0.5, 0.6) is 11.5 Å². The summed E-state index contributed by atoms with van der Waals surface area (Å²) in [4.78, 5) is 74.4. The number of rotatable bonds is 4. The van der Waals surface area contributed by atoms with E-state index in [1.807, 2.05) is 0 Å². The molecule has 278 valence electrons. The Morgan fingerprint density at radius 2 is 1.78 bits per heavy atom. The number of hydrogen-bond donors (Lipinski definition) is 2. The molecule has 0 bridgehead atoms. The number of anilines is 1. The number of hydrazine groups is 1. The van der Waals surface area contributed by atoms with Crippen molar-refractivity contribution in [2.75, 3.05) is 12.5 Å². The Bertz CT molecular complexity index is 2250. The van der Waals surface area contributed by atoms with Gasteiger partial charge in [-0.1, -0.05) is 47.0 Å². The molecule has 1 saturated carbocycles. The van der Waals surface area contributed by atoms with E-state index in [0.29, 0.717) is 55.2 Å². The summed E-state index contributed by atoms with van der Waals surface area (Å²) in [5, 5.41) is 10.8. The van der Waals surface area contributed by atoms with Gasteiger partial charge < -0.3 is 14.6 Å². The van der Waals surface area contributed by atoms with Crippen molar-refractivity contribution >= 4 is 58.7 Å². The molecule has 54 heavy (non-hydrogen) atoms. The molecule has 5 aliphatic rings. The average molecular weight is 784 g/mol. The monoisotopic (exact) mass is 782 g/mol. The summed E-state index contributed by atoms with van der Waals surface area (Å²) in [7, 11) is 1.04. The maximum atomic E-state index is 15.3. The molecule has 4 heterocycles. The van der Waals surface area contributed by atoms with E-state index in [9.17, 15) is 37.5 Å². The molecule has 0 spiro atoms. The van der Waals surface area contributed by atoms with Crippen molar-refractivity contribution in [2.24, 2.45) is 29.6 Å². The van der Waals surface area contributed by atoms with Crippen LogP contribution < -0.4 is 10.2 Å². The number of carbonyl (C=O) groups is 5. The molecule has 6 unspecified atom stereocenters. The molecular weight excluding hydrogens is 756 g/mol. The van der Waals surface area contributed by atoms with Gasteiger partial charge in [-0.25, -0.2) is 9.78 Å². The average Bonchev–Trinajstić information content (AvgIpc) is 3.52. The number of pyridine rings is 1. The number of amides is 5. The number of ether oxygens (including phenoxy) is 2. The minimum atomic E-state index is -4.77. The zero-order valence-electron chi connectivity index (χ0n) is 27.9. The summed E-state index contributed by atoms with van der Waals surface area (Å²) in [6.07, 6.45) is -2.20. The van der Waals surface area contributed by atoms with Crippen molar-refractivity contribution in [3.05, 3.63) is 105 Å². The van der Waals surface area contributed by atoms with Gasteiger partial charge in [-0.2, -0.15) is 23.1 Å². The molecule has 2 aromatic carbocycles. The van der Waals surface area contributed by atoms with Crippen LogP contribution in [0, 0.1) is 29.6 Å². The van der Waals surface area contributed by atoms with Crippen molar-refractivity contribution in [2.45, 2.75) is 30.9 Å². The number of fused-ring (bicyclic) bond motifs is 5. The maximum Gasteiger partial charge on any atom is 0.423 e. The van der Waals surface area contributed by atoms with Crippen molar-refractivity contribution in [1.29, 1.82) is 0 Å². The molecule has 6 atom stereocenters. The zero-order valence-corrected chi connectivity index (χ0v) is 29.4. The lowest BCUT2D eigenvalue weighted by Crippen LogP contribution is -2.55. The molecular formula is C37H27Cl2F3N4O8. The number of allylic oxidation sites excluding steroid dienone is 3. The van der Waals surface area contributed by atoms with E-state index in [0.717, 1.165) is 7.11 Å². The van der Waals surface area contributed by atoms with Crippen LogP contribution in [0.2, 0.25) is 10.0 Å². The second-order valence-corrected chi connectivity index (χ2v) is 14.5. The van der Waals surface area contributed by atoms with Crippen LogP contribution in [-0.2, 0) is 41.9 Å². The standard InChI is InChI=1S/C37H27Cl2F3N4O8/c1-53-35(52)45-31(48)23-8-7-22-24(28(23)33(45)50)13-25-32(49)46(44-30-26(39)12-19(14-43-30)37(40,41)42)34(51)36(25,18-2-4-20(38)5-3-18)29(22)17-10-16-11-21(47)6-9-27(16)54-15-17/h2-7,9,11-12,14-15,23-25,28-29,47H,8,10,13H2,1H3,(H,43,44). The van der Waals surface area contributed by atoms with E-state index < -0.39 is 87.3 Å². The first-order chi connectivity index (χ1) is 25.7. The summed E-state index contributed by atoms with van der Waals surface area (Å²) in [6, 6.07) is 11.4. The Labute approximate surface area is 314 Å². The summed E-state index contributed by atoms with van der Waals surface area (Å²) in [6.45, 7) is 0. The first kappa shape index (κ1) is 35.6. The number of phenols is 1. The normalized spacial score (nSPS) is 27.3. The Hall–Kier alpha value is -5.41. The number of hydrogen-bond acceptors (Lipinski definition) is 10. The maximum absolute atomic E-state index is 15.3. The van der Waals surface area contributed by atoms with Crippen LogP contribution in [0.4, 0.5) is 23.8 Å². The molecule has 2 aliphatic carbocycles. The highest BCUT2D eigenvalue weighted by atomic mass is 35.5. The third kappa shape index (κ3) is 5.19. The number of carbonyl (C=O) groups excluding carboxylic acids is 5. The Morgan fingerprint density at radius 1 is 1.04 bits per heavy atom. The number of phenolic OH excluding ortho intramolecular Hbond substituents is 1. The Morgan fingerprint density at radius 3 is 2.46 bits per heavy atom. The van der Waals surface area contributed by atoms with Gasteiger partial charge >= 0.3 is 12.3 Å². The quantitative estimate of drug-likeness (QED) is 0.230. The highest BCUT2D eigenvalue weighted by molar-refractivity contribution is 6.33. The van der Waals surface area contributed by atoms with Gasteiger partial charge in [0.05, 0.1) is 47.1 Å². The summed E-state index contributed by atoms with van der Waals surface area (Å²) in [5.74, 6) is -8.39. The fraction of sp³-hybridized carbons (Fsp3) is 0.297. The number of aromatic hydroxyl groups is 1. The zero-order chi connectivity index (χ0) is 38.4. The van der Waals surface area contributed by atoms with Crippen molar-refractivity contribution < 1.29 is 51.7 Å². The molecule has 12 nitrogen and oxygen atoms in total. The molecule has 3 aromatic rings. The first-order valence-corrected chi connectivity index (χ1v) is 17.4. The molecule has 1 aromatic heterocycles. The number of nitrogens with zero attached hydrogens (tertiary/aromatic N) is 3. The highest BCUT2D eigenvalue weighted by Gasteiger charge is 2.71. The fourth-order valence-electron chi connectivity index (χ4n) is 8.87. The minimum Gasteiger partial charge on any atom is -0.508 e. The molecule has 3 aliphatic heterocycles. The second kappa shape index (κ2) is 12.6. The number of methoxy groups -OCH3 is 1. The molecule has 3 fully saturated rings. The van der Waals surface area contributed by atoms with E-state index in [-0.39, 0.29) is 25.0 Å². The van der Waals surface area contributed by atoms with Crippen molar-refractivity contribution in [3.63, 3.8) is 0 Å². The van der Waals surface area contributed by atoms with Crippen molar-refractivity contribution in [3.8, 4) is 11.5 Å². The fourth-order valence-corrected chi connectivity index (χ4v) is 9.20. The van der Waals surface area contributed by atoms with Crippen LogP contribution in [0.1, 0.15) is 29.5 Å². The lowest BCUT2D eigenvalue weighted by Gasteiger charge is -2.51. The van der Waals surface area contributed by atoms with Gasteiger partial charge in [0.2, 0.25) is 11.8 Å². The number of likely N-dealkylation sites (tertiary alicyclic amines) is 1. The highest BCUT2D eigenvalue weighted by Crippen LogP contribution is 2.63. The number of alkyl halides is 3. The molecule has 2 N–H and O–H groups in total. The third-order valence-electron chi connectivity index (χ3n) is 11.1. The van der Waals surface area contributed by atoms with E-state index >= 15 is 4.79 Å². The van der Waals surface area contributed by atoms with Crippen LogP contribution in [0.25, 0.3) is 0 Å². The largest absolute Gasteiger partial charge is 0.508 e. The van der Waals surface area contributed by atoms with E-state index in [2.05, 4.69) is 10.4 Å². The number of benzene rings is 2. The number of aromatic nitrogens is 1. The minimum absolute atomic E-state index is 0.0210. The second-order valence-electron chi connectivity index (χ2n) is 13.7. The number of halogens is 5. The van der Waals surface area contributed by atoms with Gasteiger partial charge in [0.1, 0.15) is 11.5 Å². The van der Waals surface area contributed by atoms with Crippen LogP contribution >= 0.6 is 23.2 Å². The van der Waals surface area contributed by atoms with Gasteiger partial charge in [0, 0.05) is 29.1 Å². The number of imide groups is 4.